The summed E-state index contributed by atoms with van der Waals surface area (Å²) in [6.45, 7) is 1.38. The zero-order valence-corrected chi connectivity index (χ0v) is 7.56. The SMILES string of the molecule is COCCOC.O=CCC(F)(F)F. The number of rotatable bonds is 4. The smallest absolute Gasteiger partial charge is 0.382 e. The van der Waals surface area contributed by atoms with Gasteiger partial charge in [0.25, 0.3) is 0 Å². The Bertz CT molecular complexity index is 110. The number of hydrogen-bond donors (Lipinski definition) is 0. The molecule has 0 aromatic carbocycles. The number of carbonyl (C=O) groups is 1. The Balaban J connectivity index is 0. The fourth-order valence-corrected chi connectivity index (χ4v) is 0.261. The summed E-state index contributed by atoms with van der Waals surface area (Å²) in [6, 6.07) is 0. The zero-order chi connectivity index (χ0) is 10.7. The second-order valence-electron chi connectivity index (χ2n) is 1.97. The van der Waals surface area contributed by atoms with Gasteiger partial charge in [-0.3, -0.25) is 0 Å². The van der Waals surface area contributed by atoms with E-state index < -0.39 is 12.6 Å². The van der Waals surface area contributed by atoms with Crippen molar-refractivity contribution in [2.75, 3.05) is 27.4 Å². The third kappa shape index (κ3) is 24.6. The Morgan fingerprint density at radius 1 is 1.15 bits per heavy atom. The van der Waals surface area contributed by atoms with E-state index in [-0.39, 0.29) is 6.29 Å². The lowest BCUT2D eigenvalue weighted by atomic mass is 10.5. The second-order valence-corrected chi connectivity index (χ2v) is 1.97. The van der Waals surface area contributed by atoms with Crippen molar-refractivity contribution in [2.45, 2.75) is 12.6 Å². The highest BCUT2D eigenvalue weighted by Crippen LogP contribution is 2.16. The molecule has 13 heavy (non-hydrogen) atoms. The minimum Gasteiger partial charge on any atom is -0.382 e. The first-order valence-electron chi connectivity index (χ1n) is 3.46. The van der Waals surface area contributed by atoms with E-state index in [0.29, 0.717) is 13.2 Å². The largest absolute Gasteiger partial charge is 0.395 e. The van der Waals surface area contributed by atoms with Crippen LogP contribution in [-0.4, -0.2) is 39.9 Å². The Morgan fingerprint density at radius 2 is 1.54 bits per heavy atom. The maximum Gasteiger partial charge on any atom is 0.395 e. The summed E-state index contributed by atoms with van der Waals surface area (Å²) in [5, 5.41) is 0. The van der Waals surface area contributed by atoms with Crippen LogP contribution in [0.25, 0.3) is 0 Å². The maximum absolute atomic E-state index is 10.8. The highest BCUT2D eigenvalue weighted by Gasteiger charge is 2.25. The number of halogens is 3. The number of hydrogen-bond acceptors (Lipinski definition) is 3. The van der Waals surface area contributed by atoms with Gasteiger partial charge in [0.15, 0.2) is 0 Å². The Labute approximate surface area is 74.8 Å². The van der Waals surface area contributed by atoms with E-state index in [0.717, 1.165) is 0 Å². The molecule has 0 N–H and O–H groups in total. The second kappa shape index (κ2) is 9.47. The van der Waals surface area contributed by atoms with Gasteiger partial charge < -0.3 is 14.3 Å². The standard InChI is InChI=1S/C4H10O2.C3H3F3O/c1-5-3-4-6-2;4-3(5,6)1-2-7/h3-4H2,1-2H3;2H,1H2. The van der Waals surface area contributed by atoms with Gasteiger partial charge in [-0.1, -0.05) is 0 Å². The number of ether oxygens (including phenoxy) is 2. The first-order chi connectivity index (χ1) is 5.97. The summed E-state index contributed by atoms with van der Waals surface area (Å²) in [5.74, 6) is 0. The maximum atomic E-state index is 10.8. The molecule has 0 atom stereocenters. The molecule has 0 aromatic rings. The molecule has 0 heterocycles. The van der Waals surface area contributed by atoms with Crippen LogP contribution in [0.3, 0.4) is 0 Å². The molecule has 0 rings (SSSR count). The van der Waals surface area contributed by atoms with Gasteiger partial charge in [0.1, 0.15) is 6.29 Å². The Morgan fingerprint density at radius 3 is 1.62 bits per heavy atom. The highest BCUT2D eigenvalue weighted by atomic mass is 19.4. The van der Waals surface area contributed by atoms with Crippen molar-refractivity contribution in [2.24, 2.45) is 0 Å². The normalized spacial score (nSPS) is 10.2. The molecule has 80 valence electrons. The van der Waals surface area contributed by atoms with Crippen molar-refractivity contribution >= 4 is 6.29 Å². The minimum atomic E-state index is -4.32. The number of methoxy groups -OCH3 is 2. The fraction of sp³-hybridized carbons (Fsp3) is 0.857. The molecule has 0 unspecified atom stereocenters. The molecule has 0 fully saturated rings. The molecular formula is C7H13F3O3. The lowest BCUT2D eigenvalue weighted by molar-refractivity contribution is -0.144. The van der Waals surface area contributed by atoms with Gasteiger partial charge in [0.2, 0.25) is 0 Å². The van der Waals surface area contributed by atoms with Crippen molar-refractivity contribution in [3.8, 4) is 0 Å². The molecule has 0 aliphatic carbocycles. The van der Waals surface area contributed by atoms with Crippen LogP contribution >= 0.6 is 0 Å². The Hall–Kier alpha value is -0.620. The first kappa shape index (κ1) is 14.9. The van der Waals surface area contributed by atoms with Gasteiger partial charge in [-0.05, 0) is 0 Å². The van der Waals surface area contributed by atoms with Crippen LogP contribution in [0, 0.1) is 0 Å². The van der Waals surface area contributed by atoms with Gasteiger partial charge in [0.05, 0.1) is 19.6 Å². The number of alkyl halides is 3. The van der Waals surface area contributed by atoms with E-state index in [2.05, 4.69) is 9.47 Å². The summed E-state index contributed by atoms with van der Waals surface area (Å²) in [4.78, 5) is 9.10. The van der Waals surface area contributed by atoms with Gasteiger partial charge in [0, 0.05) is 14.2 Å². The van der Waals surface area contributed by atoms with Crippen LogP contribution in [0.1, 0.15) is 6.42 Å². The van der Waals surface area contributed by atoms with E-state index in [1.165, 1.54) is 0 Å². The third-order valence-electron chi connectivity index (χ3n) is 0.806. The van der Waals surface area contributed by atoms with Crippen LogP contribution in [-0.2, 0) is 14.3 Å². The van der Waals surface area contributed by atoms with Crippen molar-refractivity contribution in [3.63, 3.8) is 0 Å². The van der Waals surface area contributed by atoms with Gasteiger partial charge >= 0.3 is 6.18 Å². The quantitative estimate of drug-likeness (QED) is 0.510. The number of aldehydes is 1. The molecule has 0 spiro atoms. The highest BCUT2D eigenvalue weighted by molar-refractivity contribution is 5.50. The Kier molecular flexibility index (Phi) is 10.8. The van der Waals surface area contributed by atoms with Gasteiger partial charge in [-0.2, -0.15) is 13.2 Å². The molecule has 0 aliphatic heterocycles. The molecule has 6 heteroatoms. The molecular weight excluding hydrogens is 189 g/mol. The van der Waals surface area contributed by atoms with Gasteiger partial charge in [-0.25, -0.2) is 0 Å². The van der Waals surface area contributed by atoms with E-state index in [1.807, 2.05) is 0 Å². The van der Waals surface area contributed by atoms with Gasteiger partial charge in [-0.15, -0.1) is 0 Å². The van der Waals surface area contributed by atoms with E-state index >= 15 is 0 Å². The van der Waals surface area contributed by atoms with E-state index in [1.54, 1.807) is 14.2 Å². The fourth-order valence-electron chi connectivity index (χ4n) is 0.261. The molecule has 0 saturated carbocycles. The minimum absolute atomic E-state index is 0.167. The van der Waals surface area contributed by atoms with E-state index in [4.69, 9.17) is 4.79 Å². The lowest BCUT2D eigenvalue weighted by Gasteiger charge is -1.95. The zero-order valence-electron chi connectivity index (χ0n) is 7.56. The van der Waals surface area contributed by atoms with Crippen LogP contribution in [0.4, 0.5) is 13.2 Å². The first-order valence-corrected chi connectivity index (χ1v) is 3.46. The van der Waals surface area contributed by atoms with Crippen LogP contribution in [0.5, 0.6) is 0 Å². The number of carbonyl (C=O) groups excluding carboxylic acids is 1. The lowest BCUT2D eigenvalue weighted by Crippen LogP contribution is -2.06. The van der Waals surface area contributed by atoms with Crippen LogP contribution in [0.2, 0.25) is 0 Å². The summed E-state index contributed by atoms with van der Waals surface area (Å²) < 4.78 is 41.8. The van der Waals surface area contributed by atoms with Crippen molar-refractivity contribution in [1.29, 1.82) is 0 Å². The summed E-state index contributed by atoms with van der Waals surface area (Å²) >= 11 is 0. The summed E-state index contributed by atoms with van der Waals surface area (Å²) in [5.41, 5.74) is 0. The average Bonchev–Trinajstić information content (AvgIpc) is 1.99. The topological polar surface area (TPSA) is 35.5 Å². The third-order valence-corrected chi connectivity index (χ3v) is 0.806. The molecule has 0 radical (unpaired) electrons. The van der Waals surface area contributed by atoms with E-state index in [9.17, 15) is 13.2 Å². The molecule has 0 aliphatic rings. The van der Waals surface area contributed by atoms with Crippen LogP contribution in [0.15, 0.2) is 0 Å². The molecule has 3 nitrogen and oxygen atoms in total. The molecule has 0 saturated heterocycles. The predicted octanol–water partition coefficient (Wildman–Crippen LogP) is 1.42. The molecule has 0 aromatic heterocycles. The average molecular weight is 202 g/mol. The molecule has 0 bridgehead atoms. The van der Waals surface area contributed by atoms with Crippen molar-refractivity contribution in [1.82, 2.24) is 0 Å². The summed E-state index contributed by atoms with van der Waals surface area (Å²) in [6.07, 6.45) is -5.82. The van der Waals surface area contributed by atoms with Crippen LogP contribution < -0.4 is 0 Å². The summed E-state index contributed by atoms with van der Waals surface area (Å²) in [7, 11) is 3.30. The molecule has 0 amide bonds. The van der Waals surface area contributed by atoms with Crippen molar-refractivity contribution < 1.29 is 27.4 Å². The monoisotopic (exact) mass is 202 g/mol. The van der Waals surface area contributed by atoms with Crippen molar-refractivity contribution in [3.05, 3.63) is 0 Å². The predicted molar refractivity (Wildman–Crippen MR) is 40.5 cm³/mol.